The maximum atomic E-state index is 13.7. The second-order valence-electron chi connectivity index (χ2n) is 5.50. The van der Waals surface area contributed by atoms with Gasteiger partial charge in [0.15, 0.2) is 6.10 Å². The molecule has 0 amide bonds. The van der Waals surface area contributed by atoms with Crippen LogP contribution in [-0.4, -0.2) is 29.1 Å². The van der Waals surface area contributed by atoms with E-state index >= 15 is 0 Å². The molecule has 6 heteroatoms. The minimum absolute atomic E-state index is 0.661. The quantitative estimate of drug-likeness (QED) is 0.849. The standard InChI is InChI=1S/C16H16F2O4/c1-9(2)13(16(17,18)15(20)21)22-14(19)12-8-7-10-5-3-4-6-11(10)12/h3-9,12-13H,1-2H3,(H,20,21). The lowest BCUT2D eigenvalue weighted by molar-refractivity contribution is -0.199. The summed E-state index contributed by atoms with van der Waals surface area (Å²) in [6, 6.07) is 7.04. The van der Waals surface area contributed by atoms with E-state index in [9.17, 15) is 18.4 Å². The van der Waals surface area contributed by atoms with E-state index in [0.717, 1.165) is 5.56 Å². The van der Waals surface area contributed by atoms with Crippen molar-refractivity contribution in [3.8, 4) is 0 Å². The number of esters is 1. The third kappa shape index (κ3) is 2.86. The van der Waals surface area contributed by atoms with Crippen LogP contribution in [0.2, 0.25) is 0 Å². The number of hydrogen-bond acceptors (Lipinski definition) is 3. The number of fused-ring (bicyclic) bond motifs is 1. The van der Waals surface area contributed by atoms with Gasteiger partial charge in [-0.3, -0.25) is 4.79 Å². The summed E-state index contributed by atoms with van der Waals surface area (Å²) in [5.41, 5.74) is 1.48. The van der Waals surface area contributed by atoms with Gasteiger partial charge in [0.25, 0.3) is 0 Å². The zero-order valence-electron chi connectivity index (χ0n) is 12.1. The highest BCUT2D eigenvalue weighted by molar-refractivity contribution is 5.87. The lowest BCUT2D eigenvalue weighted by Gasteiger charge is -2.27. The van der Waals surface area contributed by atoms with E-state index in [1.54, 1.807) is 36.4 Å². The zero-order valence-corrected chi connectivity index (χ0v) is 12.1. The van der Waals surface area contributed by atoms with E-state index in [1.807, 2.05) is 0 Å². The van der Waals surface area contributed by atoms with Crippen molar-refractivity contribution in [3.63, 3.8) is 0 Å². The van der Waals surface area contributed by atoms with Gasteiger partial charge >= 0.3 is 17.9 Å². The molecule has 1 aliphatic carbocycles. The third-order valence-electron chi connectivity index (χ3n) is 3.54. The first-order chi connectivity index (χ1) is 10.2. The summed E-state index contributed by atoms with van der Waals surface area (Å²) in [5.74, 6) is -8.94. The molecule has 0 aliphatic heterocycles. The Kier molecular flexibility index (Phi) is 4.30. The smallest absolute Gasteiger partial charge is 0.378 e. The van der Waals surface area contributed by atoms with Gasteiger partial charge in [0.1, 0.15) is 5.92 Å². The van der Waals surface area contributed by atoms with Crippen LogP contribution in [0.1, 0.15) is 30.9 Å². The Balaban J connectivity index is 2.21. The molecule has 0 heterocycles. The Hall–Kier alpha value is -2.24. The fourth-order valence-electron chi connectivity index (χ4n) is 2.40. The topological polar surface area (TPSA) is 63.6 Å². The van der Waals surface area contributed by atoms with Crippen LogP contribution in [0.25, 0.3) is 6.08 Å². The number of rotatable bonds is 5. The monoisotopic (exact) mass is 310 g/mol. The highest BCUT2D eigenvalue weighted by Crippen LogP contribution is 2.34. The maximum absolute atomic E-state index is 13.7. The molecule has 22 heavy (non-hydrogen) atoms. The normalized spacial score (nSPS) is 18.1. The van der Waals surface area contributed by atoms with E-state index in [2.05, 4.69) is 0 Å². The molecule has 1 aromatic carbocycles. The zero-order chi connectivity index (χ0) is 16.5. The Morgan fingerprint density at radius 2 is 1.91 bits per heavy atom. The largest absolute Gasteiger partial charge is 0.477 e. The SMILES string of the molecule is CC(C)C(OC(=O)C1C=Cc2ccccc21)C(F)(F)C(=O)O. The molecule has 4 nitrogen and oxygen atoms in total. The Bertz CT molecular complexity index is 622. The minimum atomic E-state index is -4.13. The van der Waals surface area contributed by atoms with E-state index in [4.69, 9.17) is 9.84 Å². The number of carboxylic acids is 1. The molecule has 118 valence electrons. The number of alkyl halides is 2. The van der Waals surface area contributed by atoms with Crippen molar-refractivity contribution in [1.29, 1.82) is 0 Å². The third-order valence-corrected chi connectivity index (χ3v) is 3.54. The van der Waals surface area contributed by atoms with E-state index in [1.165, 1.54) is 13.8 Å². The van der Waals surface area contributed by atoms with Gasteiger partial charge in [0, 0.05) is 0 Å². The first-order valence-corrected chi connectivity index (χ1v) is 6.84. The summed E-state index contributed by atoms with van der Waals surface area (Å²) in [7, 11) is 0. The Morgan fingerprint density at radius 3 is 2.50 bits per heavy atom. The summed E-state index contributed by atoms with van der Waals surface area (Å²) in [6.45, 7) is 2.76. The number of carbonyl (C=O) groups is 2. The summed E-state index contributed by atoms with van der Waals surface area (Å²) >= 11 is 0. The molecule has 2 rings (SSSR count). The summed E-state index contributed by atoms with van der Waals surface area (Å²) in [4.78, 5) is 22.9. The van der Waals surface area contributed by atoms with Gasteiger partial charge in [-0.2, -0.15) is 8.78 Å². The van der Waals surface area contributed by atoms with Gasteiger partial charge in [0.2, 0.25) is 0 Å². The van der Waals surface area contributed by atoms with Gasteiger partial charge in [-0.05, 0) is 17.0 Å². The molecule has 2 unspecified atom stereocenters. The second-order valence-corrected chi connectivity index (χ2v) is 5.50. The second kappa shape index (κ2) is 5.87. The highest BCUT2D eigenvalue weighted by Gasteiger charge is 2.52. The number of halogens is 2. The highest BCUT2D eigenvalue weighted by atomic mass is 19.3. The van der Waals surface area contributed by atoms with Crippen molar-refractivity contribution in [2.75, 3.05) is 0 Å². The average Bonchev–Trinajstić information content (AvgIpc) is 2.87. The van der Waals surface area contributed by atoms with Crippen LogP contribution in [0.3, 0.4) is 0 Å². The fourth-order valence-corrected chi connectivity index (χ4v) is 2.40. The molecule has 0 aromatic heterocycles. The van der Waals surface area contributed by atoms with Gasteiger partial charge < -0.3 is 9.84 Å². The van der Waals surface area contributed by atoms with Crippen molar-refractivity contribution in [3.05, 3.63) is 41.5 Å². The van der Waals surface area contributed by atoms with Crippen LogP contribution in [0.5, 0.6) is 0 Å². The van der Waals surface area contributed by atoms with Crippen LogP contribution in [0.4, 0.5) is 8.78 Å². The lowest BCUT2D eigenvalue weighted by atomic mass is 9.98. The molecule has 2 atom stereocenters. The molecule has 0 saturated heterocycles. The predicted molar refractivity (Wildman–Crippen MR) is 75.5 cm³/mol. The minimum Gasteiger partial charge on any atom is -0.477 e. The summed E-state index contributed by atoms with van der Waals surface area (Å²) in [6.07, 6.45) is 1.25. The van der Waals surface area contributed by atoms with Crippen molar-refractivity contribution in [2.24, 2.45) is 5.92 Å². The number of aliphatic carboxylic acids is 1. The Labute approximate surface area is 126 Å². The lowest BCUT2D eigenvalue weighted by Crippen LogP contribution is -2.47. The molecule has 0 fully saturated rings. The molecular formula is C16H16F2O4. The van der Waals surface area contributed by atoms with Gasteiger partial charge in [0.05, 0.1) is 0 Å². The molecule has 0 spiro atoms. The van der Waals surface area contributed by atoms with E-state index < -0.39 is 35.8 Å². The van der Waals surface area contributed by atoms with Crippen LogP contribution in [0.15, 0.2) is 30.3 Å². The van der Waals surface area contributed by atoms with Crippen LogP contribution >= 0.6 is 0 Å². The fraction of sp³-hybridized carbons (Fsp3) is 0.375. The van der Waals surface area contributed by atoms with Crippen LogP contribution in [0, 0.1) is 5.92 Å². The predicted octanol–water partition coefficient (Wildman–Crippen LogP) is 3.08. The van der Waals surface area contributed by atoms with Gasteiger partial charge in [-0.15, -0.1) is 0 Å². The molecule has 1 aliphatic rings. The van der Waals surface area contributed by atoms with Crippen molar-refractivity contribution in [1.82, 2.24) is 0 Å². The molecule has 1 aromatic rings. The van der Waals surface area contributed by atoms with E-state index in [0.29, 0.717) is 5.56 Å². The molecule has 0 bridgehead atoms. The maximum Gasteiger partial charge on any atom is 0.378 e. The van der Waals surface area contributed by atoms with Crippen molar-refractivity contribution in [2.45, 2.75) is 31.8 Å². The van der Waals surface area contributed by atoms with E-state index in [-0.39, 0.29) is 0 Å². The molecule has 1 N–H and O–H groups in total. The molecule has 0 saturated carbocycles. The number of hydrogen-bond donors (Lipinski definition) is 1. The first kappa shape index (κ1) is 16.1. The van der Waals surface area contributed by atoms with Crippen molar-refractivity contribution < 1.29 is 28.2 Å². The van der Waals surface area contributed by atoms with Crippen LogP contribution in [-0.2, 0) is 14.3 Å². The number of benzene rings is 1. The van der Waals surface area contributed by atoms with Gasteiger partial charge in [-0.1, -0.05) is 50.3 Å². The first-order valence-electron chi connectivity index (χ1n) is 6.84. The van der Waals surface area contributed by atoms with Crippen LogP contribution < -0.4 is 0 Å². The van der Waals surface area contributed by atoms with Gasteiger partial charge in [-0.25, -0.2) is 4.79 Å². The number of carbonyl (C=O) groups excluding carboxylic acids is 1. The summed E-state index contributed by atoms with van der Waals surface area (Å²) < 4.78 is 32.3. The average molecular weight is 310 g/mol. The number of carboxylic acid groups (broad SMARTS) is 1. The molecular weight excluding hydrogens is 294 g/mol. The Morgan fingerprint density at radius 1 is 1.27 bits per heavy atom. The molecule has 0 radical (unpaired) electrons. The summed E-state index contributed by atoms with van der Waals surface area (Å²) in [5, 5.41) is 8.64. The van der Waals surface area contributed by atoms with Crippen molar-refractivity contribution >= 4 is 18.0 Å². The number of ether oxygens (including phenoxy) is 1.